The predicted molar refractivity (Wildman–Crippen MR) is 104 cm³/mol. The summed E-state index contributed by atoms with van der Waals surface area (Å²) in [6.07, 6.45) is 2.32. The first-order valence-electron chi connectivity index (χ1n) is 8.73. The molecule has 1 aromatic rings. The van der Waals surface area contributed by atoms with Crippen molar-refractivity contribution in [3.63, 3.8) is 0 Å². The molecule has 27 heavy (non-hydrogen) atoms. The van der Waals surface area contributed by atoms with Gasteiger partial charge in [0.05, 0.1) is 29.1 Å². The highest BCUT2D eigenvalue weighted by atomic mass is 35.5. The van der Waals surface area contributed by atoms with Crippen LogP contribution < -0.4 is 5.01 Å². The molecule has 0 bridgehead atoms. The average molecular weight is 385 g/mol. The van der Waals surface area contributed by atoms with Crippen molar-refractivity contribution in [3.05, 3.63) is 54.3 Å². The second-order valence-electron chi connectivity index (χ2n) is 6.72. The van der Waals surface area contributed by atoms with E-state index in [4.69, 9.17) is 26.3 Å². The van der Waals surface area contributed by atoms with Gasteiger partial charge >= 0.3 is 0 Å². The van der Waals surface area contributed by atoms with Gasteiger partial charge in [0.15, 0.2) is 6.17 Å². The number of ether oxygens (including phenoxy) is 1. The summed E-state index contributed by atoms with van der Waals surface area (Å²) in [6, 6.07) is 9.63. The molecule has 5 unspecified atom stereocenters. The third-order valence-corrected chi connectivity index (χ3v) is 5.19. The monoisotopic (exact) mass is 384 g/mol. The van der Waals surface area contributed by atoms with E-state index >= 15 is 0 Å². The second-order valence-corrected chi connectivity index (χ2v) is 7.22. The van der Waals surface area contributed by atoms with Gasteiger partial charge in [0.1, 0.15) is 29.7 Å². The van der Waals surface area contributed by atoms with Crippen molar-refractivity contribution in [2.45, 2.75) is 29.9 Å². The largest absolute Gasteiger partial charge is 0.388 e. The van der Waals surface area contributed by atoms with Crippen molar-refractivity contribution < 1.29 is 14.9 Å². The number of alkyl halides is 1. The smallest absolute Gasteiger partial charge is 0.187 e. The van der Waals surface area contributed by atoms with Gasteiger partial charge in [-0.2, -0.15) is 5.10 Å². The van der Waals surface area contributed by atoms with Crippen LogP contribution in [0, 0.1) is 0 Å². The van der Waals surface area contributed by atoms with E-state index in [1.54, 1.807) is 5.01 Å². The number of hydrazone groups is 1. The van der Waals surface area contributed by atoms with E-state index in [2.05, 4.69) is 5.10 Å². The van der Waals surface area contributed by atoms with Gasteiger partial charge in [-0.05, 0) is 24.3 Å². The Bertz CT molecular complexity index is 924. The van der Waals surface area contributed by atoms with Crippen molar-refractivity contribution in [1.29, 1.82) is 0 Å². The molecule has 0 radical (unpaired) electrons. The van der Waals surface area contributed by atoms with Gasteiger partial charge < -0.3 is 14.9 Å². The van der Waals surface area contributed by atoms with Crippen molar-refractivity contribution in [3.8, 4) is 0 Å². The Kier molecular flexibility index (Phi) is 3.98. The molecule has 3 heterocycles. The lowest BCUT2D eigenvalue weighted by Crippen LogP contribution is -2.42. The Morgan fingerprint density at radius 1 is 1.15 bits per heavy atom. The van der Waals surface area contributed by atoms with Gasteiger partial charge in [-0.1, -0.05) is 24.3 Å². The average Bonchev–Trinajstić information content (AvgIpc) is 3.21. The molecule has 0 spiro atoms. The van der Waals surface area contributed by atoms with Gasteiger partial charge in [-0.15, -0.1) is 11.6 Å². The van der Waals surface area contributed by atoms with Gasteiger partial charge in [0, 0.05) is 0 Å². The van der Waals surface area contributed by atoms with E-state index in [-0.39, 0.29) is 12.0 Å². The number of rotatable bonds is 2. The SMILES string of the molecule is OC1COC(C2=NN(c3ccccc3)C3N=C4C=CC(Cl)C=C4N=C23)C1O. The Morgan fingerprint density at radius 3 is 2.70 bits per heavy atom. The number of nitrogens with zero attached hydrogens (tertiary/aromatic N) is 4. The number of aliphatic imine (C=N–C) groups is 2. The van der Waals surface area contributed by atoms with Gasteiger partial charge in [0.25, 0.3) is 0 Å². The van der Waals surface area contributed by atoms with Crippen LogP contribution in [-0.4, -0.2) is 63.8 Å². The van der Waals surface area contributed by atoms with E-state index < -0.39 is 24.5 Å². The number of para-hydroxylation sites is 1. The molecule has 0 aromatic heterocycles. The van der Waals surface area contributed by atoms with E-state index in [9.17, 15) is 10.2 Å². The third-order valence-electron chi connectivity index (χ3n) is 4.92. The maximum Gasteiger partial charge on any atom is 0.187 e. The minimum Gasteiger partial charge on any atom is -0.388 e. The summed E-state index contributed by atoms with van der Waals surface area (Å²) in [5, 5.41) is 26.4. The first-order chi connectivity index (χ1) is 13.1. The topological polar surface area (TPSA) is 90.0 Å². The number of hydrogen-bond acceptors (Lipinski definition) is 7. The van der Waals surface area contributed by atoms with E-state index in [0.717, 1.165) is 11.4 Å². The second kappa shape index (κ2) is 6.38. The maximum absolute atomic E-state index is 10.3. The number of aliphatic hydroxyl groups is 2. The van der Waals surface area contributed by atoms with Crippen LogP contribution in [0.1, 0.15) is 0 Å². The highest BCUT2D eigenvalue weighted by molar-refractivity contribution is 6.49. The molecule has 1 saturated heterocycles. The number of allylic oxidation sites excluding steroid dienone is 3. The molecule has 0 saturated carbocycles. The highest BCUT2D eigenvalue weighted by Gasteiger charge is 2.47. The van der Waals surface area contributed by atoms with Gasteiger partial charge in [0.2, 0.25) is 0 Å². The molecular weight excluding hydrogens is 368 g/mol. The molecule has 0 amide bonds. The first-order valence-corrected chi connectivity index (χ1v) is 9.17. The molecule has 5 atom stereocenters. The Morgan fingerprint density at radius 2 is 1.96 bits per heavy atom. The zero-order valence-corrected chi connectivity index (χ0v) is 14.9. The number of anilines is 1. The summed E-state index contributed by atoms with van der Waals surface area (Å²) >= 11 is 6.18. The molecule has 4 aliphatic rings. The van der Waals surface area contributed by atoms with Gasteiger partial charge in [-0.3, -0.25) is 0 Å². The minimum absolute atomic E-state index is 0.0534. The summed E-state index contributed by atoms with van der Waals surface area (Å²) < 4.78 is 5.61. The molecule has 7 nitrogen and oxygen atoms in total. The fourth-order valence-electron chi connectivity index (χ4n) is 3.55. The number of halogens is 1. The molecule has 8 heteroatoms. The Hall–Kier alpha value is -2.32. The van der Waals surface area contributed by atoms with Crippen molar-refractivity contribution in [1.82, 2.24) is 0 Å². The van der Waals surface area contributed by atoms with E-state index in [1.807, 2.05) is 48.6 Å². The minimum atomic E-state index is -1.06. The fourth-order valence-corrected chi connectivity index (χ4v) is 3.74. The van der Waals surface area contributed by atoms with Crippen molar-refractivity contribution >= 4 is 34.4 Å². The first kappa shape index (κ1) is 16.8. The summed E-state index contributed by atoms with van der Waals surface area (Å²) in [5.41, 5.74) is 3.36. The van der Waals surface area contributed by atoms with Crippen molar-refractivity contribution in [2.24, 2.45) is 15.1 Å². The molecule has 5 rings (SSSR count). The molecule has 3 aliphatic heterocycles. The number of benzene rings is 1. The fraction of sp³-hybridized carbons (Fsp3) is 0.316. The normalized spacial score (nSPS) is 34.5. The number of hydrogen-bond donors (Lipinski definition) is 2. The van der Waals surface area contributed by atoms with E-state index in [0.29, 0.717) is 17.1 Å². The van der Waals surface area contributed by atoms with Crippen LogP contribution in [0.3, 0.4) is 0 Å². The quantitative estimate of drug-likeness (QED) is 0.751. The van der Waals surface area contributed by atoms with Crippen molar-refractivity contribution in [2.75, 3.05) is 11.6 Å². The summed E-state index contributed by atoms with van der Waals surface area (Å²) in [6.45, 7) is 0.0534. The van der Waals surface area contributed by atoms with Gasteiger partial charge in [-0.25, -0.2) is 15.0 Å². The lowest BCUT2D eigenvalue weighted by Gasteiger charge is -2.25. The molecular formula is C19H17ClN4O3. The lowest BCUT2D eigenvalue weighted by molar-refractivity contribution is 0.0476. The summed E-state index contributed by atoms with van der Waals surface area (Å²) in [5.74, 6) is 0. The lowest BCUT2D eigenvalue weighted by atomic mass is 10.00. The Labute approximate surface area is 160 Å². The highest BCUT2D eigenvalue weighted by Crippen LogP contribution is 2.32. The molecule has 138 valence electrons. The Balaban J connectivity index is 1.60. The molecule has 1 fully saturated rings. The summed E-state index contributed by atoms with van der Waals surface area (Å²) in [4.78, 5) is 9.55. The van der Waals surface area contributed by atoms with Crippen LogP contribution in [0.4, 0.5) is 5.69 Å². The molecule has 1 aromatic carbocycles. The van der Waals surface area contributed by atoms with Crippen LogP contribution in [0.2, 0.25) is 0 Å². The third kappa shape index (κ3) is 2.74. The zero-order valence-electron chi connectivity index (χ0n) is 14.2. The standard InChI is InChI=1S/C19H17ClN4O3/c20-10-6-7-12-13(8-10)21-16-15(18-17(26)14(25)9-27-18)23-24(19(16)22-12)11-4-2-1-3-5-11/h1-8,10,14,17-19,25-26H,9H2. The summed E-state index contributed by atoms with van der Waals surface area (Å²) in [7, 11) is 0. The molecule has 1 aliphatic carbocycles. The zero-order chi connectivity index (χ0) is 18.5. The number of aliphatic hydroxyl groups excluding tert-OH is 2. The van der Waals surface area contributed by atoms with Crippen LogP contribution >= 0.6 is 11.6 Å². The van der Waals surface area contributed by atoms with Crippen LogP contribution in [0.25, 0.3) is 0 Å². The molecule has 2 N–H and O–H groups in total. The van der Waals surface area contributed by atoms with E-state index in [1.165, 1.54) is 0 Å². The van der Waals surface area contributed by atoms with Crippen LogP contribution in [0.5, 0.6) is 0 Å². The van der Waals surface area contributed by atoms with Crippen LogP contribution in [0.15, 0.2) is 69.3 Å². The predicted octanol–water partition coefficient (Wildman–Crippen LogP) is 1.27. The maximum atomic E-state index is 10.3. The van der Waals surface area contributed by atoms with Crippen LogP contribution in [-0.2, 0) is 4.74 Å². The number of fused-ring (bicyclic) bond motifs is 2.